The van der Waals surface area contributed by atoms with Gasteiger partial charge in [0, 0.05) is 46.0 Å². The van der Waals surface area contributed by atoms with Crippen LogP contribution < -0.4 is 0 Å². The fourth-order valence-electron chi connectivity index (χ4n) is 4.92. The van der Waals surface area contributed by atoms with Gasteiger partial charge in [0.15, 0.2) is 0 Å². The van der Waals surface area contributed by atoms with E-state index in [0.29, 0.717) is 5.95 Å². The SMILES string of the molecule is c1ccc(-c2cnc(-n3c4ccccc4c4c5c(ccc43)ccn5-c3ccccc3)nc2)cc1. The number of benzene rings is 4. The monoisotopic (exact) mass is 436 g/mol. The summed E-state index contributed by atoms with van der Waals surface area (Å²) >= 11 is 0. The van der Waals surface area contributed by atoms with Crippen LogP contribution in [-0.2, 0) is 0 Å². The average Bonchev–Trinajstić information content (AvgIpc) is 3.49. The molecule has 4 heteroatoms. The standard InChI is InChI=1S/C30H20N4/c1-3-9-21(10-4-1)23-19-31-30(32-20-23)34-26-14-8-7-13-25(26)28-27(34)16-15-22-17-18-33(29(22)28)24-11-5-2-6-12-24/h1-20H. The third-order valence-corrected chi connectivity index (χ3v) is 6.47. The molecule has 4 nitrogen and oxygen atoms in total. The lowest BCUT2D eigenvalue weighted by Gasteiger charge is -2.08. The Morgan fingerprint density at radius 3 is 2.06 bits per heavy atom. The smallest absolute Gasteiger partial charge is 0.234 e. The lowest BCUT2D eigenvalue weighted by Crippen LogP contribution is -2.00. The van der Waals surface area contributed by atoms with Gasteiger partial charge in [-0.2, -0.15) is 0 Å². The molecule has 0 N–H and O–H groups in total. The number of hydrogen-bond acceptors (Lipinski definition) is 2. The topological polar surface area (TPSA) is 35.6 Å². The highest BCUT2D eigenvalue weighted by molar-refractivity contribution is 6.20. The van der Waals surface area contributed by atoms with Gasteiger partial charge >= 0.3 is 0 Å². The minimum atomic E-state index is 0.669. The fraction of sp³-hybridized carbons (Fsp3) is 0. The van der Waals surface area contributed by atoms with Crippen LogP contribution in [0, 0.1) is 0 Å². The van der Waals surface area contributed by atoms with E-state index >= 15 is 0 Å². The first-order chi connectivity index (χ1) is 16.9. The summed E-state index contributed by atoms with van der Waals surface area (Å²) in [6.45, 7) is 0. The van der Waals surface area contributed by atoms with Crippen molar-refractivity contribution < 1.29 is 0 Å². The largest absolute Gasteiger partial charge is 0.316 e. The van der Waals surface area contributed by atoms with E-state index in [0.717, 1.165) is 27.8 Å². The van der Waals surface area contributed by atoms with E-state index in [1.165, 1.54) is 21.7 Å². The summed E-state index contributed by atoms with van der Waals surface area (Å²) in [4.78, 5) is 9.58. The first-order valence-electron chi connectivity index (χ1n) is 11.3. The summed E-state index contributed by atoms with van der Waals surface area (Å²) in [6.07, 6.45) is 5.96. The van der Waals surface area contributed by atoms with Crippen LogP contribution in [0.25, 0.3) is 55.5 Å². The summed E-state index contributed by atoms with van der Waals surface area (Å²) in [5.74, 6) is 0.669. The lowest BCUT2D eigenvalue weighted by atomic mass is 10.1. The Morgan fingerprint density at radius 1 is 0.559 bits per heavy atom. The van der Waals surface area contributed by atoms with Gasteiger partial charge in [-0.25, -0.2) is 9.97 Å². The molecule has 7 aromatic rings. The molecule has 3 heterocycles. The summed E-state index contributed by atoms with van der Waals surface area (Å²) < 4.78 is 4.44. The zero-order chi connectivity index (χ0) is 22.5. The molecule has 4 aromatic carbocycles. The molecule has 0 spiro atoms. The van der Waals surface area contributed by atoms with Crippen molar-refractivity contribution in [1.29, 1.82) is 0 Å². The van der Waals surface area contributed by atoms with Crippen LogP contribution in [-0.4, -0.2) is 19.1 Å². The van der Waals surface area contributed by atoms with Gasteiger partial charge in [0.1, 0.15) is 0 Å². The summed E-state index contributed by atoms with van der Waals surface area (Å²) in [6, 6.07) is 35.8. The number of rotatable bonds is 3. The molecule has 34 heavy (non-hydrogen) atoms. The van der Waals surface area contributed by atoms with Crippen molar-refractivity contribution in [2.75, 3.05) is 0 Å². The molecule has 0 saturated carbocycles. The van der Waals surface area contributed by atoms with Crippen LogP contribution in [0.2, 0.25) is 0 Å². The summed E-state index contributed by atoms with van der Waals surface area (Å²) in [5, 5.41) is 3.60. The third-order valence-electron chi connectivity index (χ3n) is 6.47. The predicted octanol–water partition coefficient (Wildman–Crippen LogP) is 7.18. The maximum Gasteiger partial charge on any atom is 0.234 e. The Morgan fingerprint density at radius 2 is 1.26 bits per heavy atom. The number of nitrogens with zero attached hydrogens (tertiary/aromatic N) is 4. The van der Waals surface area contributed by atoms with E-state index in [1.807, 2.05) is 36.7 Å². The molecule has 3 aromatic heterocycles. The van der Waals surface area contributed by atoms with Gasteiger partial charge in [-0.05, 0) is 35.9 Å². The second-order valence-corrected chi connectivity index (χ2v) is 8.41. The molecule has 0 unspecified atom stereocenters. The van der Waals surface area contributed by atoms with Crippen LogP contribution >= 0.6 is 0 Å². The average molecular weight is 437 g/mol. The van der Waals surface area contributed by atoms with Crippen molar-refractivity contribution in [2.24, 2.45) is 0 Å². The molecule has 0 bridgehead atoms. The highest BCUT2D eigenvalue weighted by Crippen LogP contribution is 2.37. The van der Waals surface area contributed by atoms with Crippen molar-refractivity contribution in [3.8, 4) is 22.8 Å². The molecule has 0 saturated heterocycles. The Hall–Kier alpha value is -4.70. The quantitative estimate of drug-likeness (QED) is 0.294. The van der Waals surface area contributed by atoms with E-state index in [-0.39, 0.29) is 0 Å². The Labute approximate surface area is 196 Å². The number of para-hydroxylation sites is 2. The van der Waals surface area contributed by atoms with Crippen molar-refractivity contribution in [1.82, 2.24) is 19.1 Å². The molecular weight excluding hydrogens is 416 g/mol. The normalized spacial score (nSPS) is 11.5. The second-order valence-electron chi connectivity index (χ2n) is 8.41. The van der Waals surface area contributed by atoms with Crippen molar-refractivity contribution >= 4 is 32.7 Å². The van der Waals surface area contributed by atoms with Crippen LogP contribution in [0.1, 0.15) is 0 Å². The van der Waals surface area contributed by atoms with Crippen LogP contribution in [0.3, 0.4) is 0 Å². The molecule has 0 aliphatic heterocycles. The minimum absolute atomic E-state index is 0.669. The molecule has 0 fully saturated rings. The first-order valence-corrected chi connectivity index (χ1v) is 11.3. The number of fused-ring (bicyclic) bond motifs is 5. The minimum Gasteiger partial charge on any atom is -0.316 e. The van der Waals surface area contributed by atoms with Gasteiger partial charge in [0.25, 0.3) is 0 Å². The van der Waals surface area contributed by atoms with Gasteiger partial charge in [0.2, 0.25) is 5.95 Å². The zero-order valence-corrected chi connectivity index (χ0v) is 18.3. The van der Waals surface area contributed by atoms with Gasteiger partial charge in [-0.15, -0.1) is 0 Å². The van der Waals surface area contributed by atoms with Gasteiger partial charge in [0.05, 0.1) is 16.6 Å². The Balaban J connectivity index is 1.52. The van der Waals surface area contributed by atoms with E-state index in [2.05, 4.69) is 94.2 Å². The lowest BCUT2D eigenvalue weighted by molar-refractivity contribution is 0.990. The predicted molar refractivity (Wildman–Crippen MR) is 139 cm³/mol. The van der Waals surface area contributed by atoms with Gasteiger partial charge < -0.3 is 4.57 Å². The molecule has 0 aliphatic rings. The molecule has 7 rings (SSSR count). The molecule has 160 valence electrons. The fourth-order valence-corrected chi connectivity index (χ4v) is 4.92. The van der Waals surface area contributed by atoms with Crippen LogP contribution in [0.5, 0.6) is 0 Å². The van der Waals surface area contributed by atoms with Crippen LogP contribution in [0.15, 0.2) is 122 Å². The molecule has 0 atom stereocenters. The molecule has 0 radical (unpaired) electrons. The zero-order valence-electron chi connectivity index (χ0n) is 18.3. The highest BCUT2D eigenvalue weighted by atomic mass is 15.2. The summed E-state index contributed by atoms with van der Waals surface area (Å²) in [5.41, 5.74) is 6.64. The maximum atomic E-state index is 4.79. The second kappa shape index (κ2) is 7.42. The van der Waals surface area contributed by atoms with Crippen molar-refractivity contribution in [2.45, 2.75) is 0 Å². The van der Waals surface area contributed by atoms with Crippen molar-refractivity contribution in [3.63, 3.8) is 0 Å². The Kier molecular flexibility index (Phi) is 4.11. The van der Waals surface area contributed by atoms with Crippen molar-refractivity contribution in [3.05, 3.63) is 122 Å². The van der Waals surface area contributed by atoms with E-state index in [1.54, 1.807) is 0 Å². The molecule has 0 amide bonds. The van der Waals surface area contributed by atoms with E-state index in [4.69, 9.17) is 9.97 Å². The summed E-state index contributed by atoms with van der Waals surface area (Å²) in [7, 11) is 0. The number of hydrogen-bond donors (Lipinski definition) is 0. The molecule has 0 aliphatic carbocycles. The van der Waals surface area contributed by atoms with E-state index < -0.39 is 0 Å². The first kappa shape index (κ1) is 18.8. The van der Waals surface area contributed by atoms with Crippen LogP contribution in [0.4, 0.5) is 0 Å². The van der Waals surface area contributed by atoms with Gasteiger partial charge in [-0.3, -0.25) is 4.57 Å². The Bertz CT molecular complexity index is 1780. The van der Waals surface area contributed by atoms with Gasteiger partial charge in [-0.1, -0.05) is 72.8 Å². The maximum absolute atomic E-state index is 4.79. The third kappa shape index (κ3) is 2.79. The molecular formula is C30H20N4. The highest BCUT2D eigenvalue weighted by Gasteiger charge is 2.18. The van der Waals surface area contributed by atoms with E-state index in [9.17, 15) is 0 Å². The number of aromatic nitrogens is 4.